The summed E-state index contributed by atoms with van der Waals surface area (Å²) < 4.78 is 7.15. The molecule has 0 saturated carbocycles. The van der Waals surface area contributed by atoms with Gasteiger partial charge in [-0.05, 0) is 12.5 Å². The summed E-state index contributed by atoms with van der Waals surface area (Å²) in [6.45, 7) is 1.85. The number of aryl methyl sites for hydroxylation is 1. The second-order valence-electron chi connectivity index (χ2n) is 4.85. The summed E-state index contributed by atoms with van der Waals surface area (Å²) in [4.78, 5) is 8.57. The lowest BCUT2D eigenvalue weighted by molar-refractivity contribution is 0.325. The third-order valence-electron chi connectivity index (χ3n) is 3.26. The van der Waals surface area contributed by atoms with Gasteiger partial charge in [-0.1, -0.05) is 35.5 Å². The predicted molar refractivity (Wildman–Crippen MR) is 73.6 cm³/mol. The molecule has 2 heterocycles. The van der Waals surface area contributed by atoms with Crippen molar-refractivity contribution in [2.45, 2.75) is 12.5 Å². The van der Waals surface area contributed by atoms with E-state index in [1.54, 1.807) is 6.20 Å². The highest BCUT2D eigenvalue weighted by atomic mass is 16.5. The van der Waals surface area contributed by atoms with E-state index in [-0.39, 0.29) is 0 Å². The van der Waals surface area contributed by atoms with E-state index in [1.807, 2.05) is 55.1 Å². The third kappa shape index (κ3) is 2.00. The molecule has 1 unspecified atom stereocenters. The maximum Gasteiger partial charge on any atom is 0.251 e. The molecule has 0 radical (unpaired) electrons. The van der Waals surface area contributed by atoms with Gasteiger partial charge in [0.2, 0.25) is 5.82 Å². The van der Waals surface area contributed by atoms with Crippen LogP contribution in [0.4, 0.5) is 0 Å². The lowest BCUT2D eigenvalue weighted by Crippen LogP contribution is -2.34. The summed E-state index contributed by atoms with van der Waals surface area (Å²) in [5.41, 5.74) is 6.42. The molecular weight excluding hydrogens is 254 g/mol. The van der Waals surface area contributed by atoms with Gasteiger partial charge in [-0.25, -0.2) is 4.98 Å². The SMILES string of the molecule is Cn1ccnc1-c1noc(C(C)(N)c2ccccc2)n1. The highest BCUT2D eigenvalue weighted by Crippen LogP contribution is 2.26. The van der Waals surface area contributed by atoms with Crippen molar-refractivity contribution >= 4 is 0 Å². The van der Waals surface area contributed by atoms with Gasteiger partial charge in [-0.3, -0.25) is 0 Å². The van der Waals surface area contributed by atoms with Gasteiger partial charge in [0.15, 0.2) is 5.82 Å². The number of hydrogen-bond acceptors (Lipinski definition) is 5. The lowest BCUT2D eigenvalue weighted by Gasteiger charge is -2.20. The monoisotopic (exact) mass is 269 g/mol. The van der Waals surface area contributed by atoms with Crippen molar-refractivity contribution in [2.75, 3.05) is 0 Å². The molecule has 20 heavy (non-hydrogen) atoms. The molecule has 0 bridgehead atoms. The maximum absolute atomic E-state index is 6.34. The molecule has 0 aliphatic heterocycles. The highest BCUT2D eigenvalue weighted by molar-refractivity contribution is 5.43. The summed E-state index contributed by atoms with van der Waals surface area (Å²) in [5.74, 6) is 1.44. The van der Waals surface area contributed by atoms with E-state index in [1.165, 1.54) is 0 Å². The average molecular weight is 269 g/mol. The molecule has 1 aromatic carbocycles. The standard InChI is InChI=1S/C14H15N5O/c1-14(15,10-6-4-3-5-7-10)13-17-11(18-20-13)12-16-8-9-19(12)2/h3-9H,15H2,1-2H3. The molecule has 3 rings (SSSR count). The third-order valence-corrected chi connectivity index (χ3v) is 3.26. The number of aromatic nitrogens is 4. The predicted octanol–water partition coefficient (Wildman–Crippen LogP) is 1.69. The van der Waals surface area contributed by atoms with Crippen LogP contribution in [0.15, 0.2) is 47.2 Å². The number of nitrogens with zero attached hydrogens (tertiary/aromatic N) is 4. The second-order valence-corrected chi connectivity index (χ2v) is 4.85. The molecular formula is C14H15N5O. The first-order chi connectivity index (χ1) is 9.59. The van der Waals surface area contributed by atoms with Gasteiger partial charge < -0.3 is 14.8 Å². The van der Waals surface area contributed by atoms with E-state index < -0.39 is 5.54 Å². The Hall–Kier alpha value is -2.47. The average Bonchev–Trinajstić information content (AvgIpc) is 3.08. The first kappa shape index (κ1) is 12.6. The smallest absolute Gasteiger partial charge is 0.251 e. The molecule has 102 valence electrons. The van der Waals surface area contributed by atoms with Crippen LogP contribution >= 0.6 is 0 Å². The van der Waals surface area contributed by atoms with E-state index in [0.29, 0.717) is 17.5 Å². The Labute approximate surface area is 116 Å². The Bertz CT molecular complexity index is 714. The molecule has 0 saturated heterocycles. The number of hydrogen-bond donors (Lipinski definition) is 1. The Balaban J connectivity index is 2.00. The van der Waals surface area contributed by atoms with Crippen LogP contribution < -0.4 is 5.73 Å². The zero-order valence-corrected chi connectivity index (χ0v) is 11.3. The van der Waals surface area contributed by atoms with E-state index in [0.717, 1.165) is 5.56 Å². The van der Waals surface area contributed by atoms with Gasteiger partial charge >= 0.3 is 0 Å². The fourth-order valence-corrected chi connectivity index (χ4v) is 2.01. The second kappa shape index (κ2) is 4.57. The fourth-order valence-electron chi connectivity index (χ4n) is 2.01. The van der Waals surface area contributed by atoms with Crippen molar-refractivity contribution in [3.05, 3.63) is 54.2 Å². The van der Waals surface area contributed by atoms with Crippen molar-refractivity contribution in [2.24, 2.45) is 12.8 Å². The summed E-state index contributed by atoms with van der Waals surface area (Å²) in [6, 6.07) is 9.66. The Morgan fingerprint density at radius 1 is 1.25 bits per heavy atom. The van der Waals surface area contributed by atoms with Crippen LogP contribution in [0.1, 0.15) is 18.4 Å². The molecule has 0 fully saturated rings. The van der Waals surface area contributed by atoms with E-state index in [2.05, 4.69) is 15.1 Å². The molecule has 6 heteroatoms. The van der Waals surface area contributed by atoms with E-state index >= 15 is 0 Å². The number of rotatable bonds is 3. The molecule has 0 aliphatic carbocycles. The van der Waals surface area contributed by atoms with Crippen LogP contribution in [-0.4, -0.2) is 19.7 Å². The summed E-state index contributed by atoms with van der Waals surface area (Å²) >= 11 is 0. The van der Waals surface area contributed by atoms with Gasteiger partial charge in [0, 0.05) is 19.4 Å². The molecule has 1 atom stereocenters. The highest BCUT2D eigenvalue weighted by Gasteiger charge is 2.31. The minimum Gasteiger partial charge on any atom is -0.336 e. The number of benzene rings is 1. The van der Waals surface area contributed by atoms with Gasteiger partial charge in [0.05, 0.1) is 0 Å². The number of nitrogens with two attached hydrogens (primary N) is 1. The van der Waals surface area contributed by atoms with Gasteiger partial charge in [0.1, 0.15) is 5.54 Å². The first-order valence-corrected chi connectivity index (χ1v) is 6.25. The van der Waals surface area contributed by atoms with Crippen LogP contribution in [0.5, 0.6) is 0 Å². The Morgan fingerprint density at radius 2 is 2.00 bits per heavy atom. The minimum absolute atomic E-state index is 0.363. The lowest BCUT2D eigenvalue weighted by atomic mass is 9.93. The van der Waals surface area contributed by atoms with Crippen molar-refractivity contribution in [3.8, 4) is 11.6 Å². The van der Waals surface area contributed by atoms with Crippen molar-refractivity contribution in [1.29, 1.82) is 0 Å². The van der Waals surface area contributed by atoms with Crippen molar-refractivity contribution in [1.82, 2.24) is 19.7 Å². The van der Waals surface area contributed by atoms with Crippen LogP contribution in [0.25, 0.3) is 11.6 Å². The van der Waals surface area contributed by atoms with Gasteiger partial charge in [-0.2, -0.15) is 4.98 Å². The van der Waals surface area contributed by atoms with Gasteiger partial charge in [-0.15, -0.1) is 0 Å². The topological polar surface area (TPSA) is 82.8 Å². The molecule has 0 aliphatic rings. The van der Waals surface area contributed by atoms with Crippen LogP contribution in [0.3, 0.4) is 0 Å². The van der Waals surface area contributed by atoms with E-state index in [4.69, 9.17) is 10.3 Å². The summed E-state index contributed by atoms with van der Waals surface area (Å²) in [7, 11) is 1.87. The molecule has 2 N–H and O–H groups in total. The molecule has 3 aromatic rings. The van der Waals surface area contributed by atoms with Crippen LogP contribution in [-0.2, 0) is 12.6 Å². The quantitative estimate of drug-likeness (QED) is 0.782. The zero-order valence-electron chi connectivity index (χ0n) is 11.3. The first-order valence-electron chi connectivity index (χ1n) is 6.25. The summed E-state index contributed by atoms with van der Waals surface area (Å²) in [6.07, 6.45) is 3.51. The maximum atomic E-state index is 6.34. The Morgan fingerprint density at radius 3 is 2.65 bits per heavy atom. The van der Waals surface area contributed by atoms with Crippen molar-refractivity contribution < 1.29 is 4.52 Å². The molecule has 2 aromatic heterocycles. The molecule has 0 amide bonds. The fraction of sp³-hybridized carbons (Fsp3) is 0.214. The minimum atomic E-state index is -0.836. The van der Waals surface area contributed by atoms with E-state index in [9.17, 15) is 0 Å². The summed E-state index contributed by atoms with van der Waals surface area (Å²) in [5, 5.41) is 3.96. The Kier molecular flexibility index (Phi) is 2.87. The normalized spacial score (nSPS) is 14.2. The zero-order chi connectivity index (χ0) is 14.2. The van der Waals surface area contributed by atoms with Crippen molar-refractivity contribution in [3.63, 3.8) is 0 Å². The van der Waals surface area contributed by atoms with Crippen LogP contribution in [0, 0.1) is 0 Å². The van der Waals surface area contributed by atoms with Gasteiger partial charge in [0.25, 0.3) is 5.89 Å². The number of imidazole rings is 1. The van der Waals surface area contributed by atoms with Crippen LogP contribution in [0.2, 0.25) is 0 Å². The largest absolute Gasteiger partial charge is 0.336 e. The molecule has 0 spiro atoms. The molecule has 6 nitrogen and oxygen atoms in total.